The maximum Gasteiger partial charge on any atom is 0.270 e. The van der Waals surface area contributed by atoms with Crippen LogP contribution in [0.15, 0.2) is 28.3 Å². The van der Waals surface area contributed by atoms with E-state index in [4.69, 9.17) is 5.21 Å². The van der Waals surface area contributed by atoms with E-state index in [1.165, 1.54) is 17.3 Å². The Hall–Kier alpha value is -2.22. The molecule has 0 unspecified atom stereocenters. The van der Waals surface area contributed by atoms with Crippen molar-refractivity contribution in [2.75, 3.05) is 13.6 Å². The molecule has 8 heteroatoms. The van der Waals surface area contributed by atoms with Crippen LogP contribution >= 0.6 is 0 Å². The number of allylic oxidation sites excluding steroid dienone is 2. The molecule has 0 aromatic carbocycles. The van der Waals surface area contributed by atoms with Crippen LogP contribution in [0.1, 0.15) is 13.3 Å². The zero-order valence-corrected chi connectivity index (χ0v) is 11.3. The molecule has 1 aliphatic rings. The van der Waals surface area contributed by atoms with Gasteiger partial charge in [0.25, 0.3) is 5.91 Å². The largest absolute Gasteiger partial charge is 0.356 e. The molecule has 0 spiro atoms. The SMILES string of the molecule is C=N/C(N[C@@H]1CCN(C)C1=O)=C(F)\C=C(/C)C(=O)NO. The monoisotopic (exact) mass is 284 g/mol. The third kappa shape index (κ3) is 3.64. The Morgan fingerprint density at radius 3 is 2.75 bits per heavy atom. The van der Waals surface area contributed by atoms with Gasteiger partial charge in [-0.25, -0.2) is 14.9 Å². The van der Waals surface area contributed by atoms with Gasteiger partial charge in [0.2, 0.25) is 5.91 Å². The third-order valence-corrected chi connectivity index (χ3v) is 2.93. The Bertz CT molecular complexity index is 487. The van der Waals surface area contributed by atoms with Crippen LogP contribution in [0.4, 0.5) is 4.39 Å². The van der Waals surface area contributed by atoms with Gasteiger partial charge in [-0.2, -0.15) is 0 Å². The Morgan fingerprint density at radius 1 is 1.65 bits per heavy atom. The van der Waals surface area contributed by atoms with Gasteiger partial charge in [-0.15, -0.1) is 0 Å². The number of nitrogens with zero attached hydrogens (tertiary/aromatic N) is 2. The molecule has 0 aliphatic carbocycles. The summed E-state index contributed by atoms with van der Waals surface area (Å²) in [5.74, 6) is -2.06. The van der Waals surface area contributed by atoms with Crippen LogP contribution in [-0.2, 0) is 9.59 Å². The van der Waals surface area contributed by atoms with E-state index in [9.17, 15) is 14.0 Å². The first kappa shape index (κ1) is 15.8. The number of likely N-dealkylation sites (N-methyl/N-ethyl adjacent to an activating group) is 1. The molecule has 1 fully saturated rings. The van der Waals surface area contributed by atoms with Crippen molar-refractivity contribution in [3.63, 3.8) is 0 Å². The van der Waals surface area contributed by atoms with Crippen molar-refractivity contribution in [2.24, 2.45) is 4.99 Å². The molecule has 20 heavy (non-hydrogen) atoms. The summed E-state index contributed by atoms with van der Waals surface area (Å²) in [4.78, 5) is 27.8. The fraction of sp³-hybridized carbons (Fsp3) is 0.417. The molecule has 110 valence electrons. The molecule has 1 atom stereocenters. The van der Waals surface area contributed by atoms with Crippen molar-refractivity contribution in [1.29, 1.82) is 0 Å². The van der Waals surface area contributed by atoms with Gasteiger partial charge in [0, 0.05) is 19.2 Å². The summed E-state index contributed by atoms with van der Waals surface area (Å²) in [6, 6.07) is -0.563. The average molecular weight is 284 g/mol. The number of carbonyl (C=O) groups excluding carboxylic acids is 2. The second-order valence-corrected chi connectivity index (χ2v) is 4.37. The number of likely N-dealkylation sites (tertiary alicyclic amines) is 1. The number of carbonyl (C=O) groups is 2. The van der Waals surface area contributed by atoms with Gasteiger partial charge >= 0.3 is 0 Å². The molecular formula is C12H17FN4O3. The normalized spacial score (nSPS) is 20.6. The molecule has 0 radical (unpaired) electrons. The summed E-state index contributed by atoms with van der Waals surface area (Å²) in [6.45, 7) is 5.12. The van der Waals surface area contributed by atoms with Crippen molar-refractivity contribution in [2.45, 2.75) is 19.4 Å². The molecule has 0 aromatic heterocycles. The molecular weight excluding hydrogens is 267 g/mol. The summed E-state index contributed by atoms with van der Waals surface area (Å²) in [5, 5.41) is 11.1. The number of rotatable bonds is 5. The second-order valence-electron chi connectivity index (χ2n) is 4.37. The van der Waals surface area contributed by atoms with E-state index >= 15 is 0 Å². The molecule has 1 rings (SSSR count). The summed E-state index contributed by atoms with van der Waals surface area (Å²) >= 11 is 0. The van der Waals surface area contributed by atoms with Crippen molar-refractivity contribution in [3.05, 3.63) is 23.3 Å². The number of halogens is 1. The van der Waals surface area contributed by atoms with Gasteiger partial charge in [0.1, 0.15) is 6.04 Å². The van der Waals surface area contributed by atoms with Crippen LogP contribution in [-0.4, -0.2) is 48.3 Å². The van der Waals surface area contributed by atoms with Crippen molar-refractivity contribution in [1.82, 2.24) is 15.7 Å². The van der Waals surface area contributed by atoms with Crippen molar-refractivity contribution in [3.8, 4) is 0 Å². The number of hydroxylamine groups is 1. The summed E-state index contributed by atoms with van der Waals surface area (Å²) < 4.78 is 13.9. The molecule has 0 saturated carbocycles. The highest BCUT2D eigenvalue weighted by Gasteiger charge is 2.29. The Morgan fingerprint density at radius 2 is 2.30 bits per heavy atom. The van der Waals surface area contributed by atoms with Gasteiger partial charge in [0.05, 0.1) is 0 Å². The summed E-state index contributed by atoms with van der Waals surface area (Å²) in [7, 11) is 1.65. The minimum absolute atomic E-state index is 0.0529. The van der Waals surface area contributed by atoms with E-state index in [2.05, 4.69) is 17.0 Å². The fourth-order valence-electron chi connectivity index (χ4n) is 1.72. The van der Waals surface area contributed by atoms with Crippen LogP contribution in [0.25, 0.3) is 0 Å². The molecule has 1 saturated heterocycles. The van der Waals surface area contributed by atoms with Crippen LogP contribution in [0.5, 0.6) is 0 Å². The standard InChI is InChI=1S/C12H17FN4O3/c1-7(11(18)16-20)6-8(13)10(14-2)15-9-4-5-17(3)12(9)19/h6,9,15,20H,2,4-5H2,1,3H3,(H,16,18)/b7-6+,10-8-/t9-/m1/s1. The lowest BCUT2D eigenvalue weighted by Crippen LogP contribution is -2.36. The second kappa shape index (κ2) is 6.80. The van der Waals surface area contributed by atoms with E-state index in [0.717, 1.165) is 6.08 Å². The van der Waals surface area contributed by atoms with Gasteiger partial charge < -0.3 is 10.2 Å². The zero-order valence-electron chi connectivity index (χ0n) is 11.3. The summed E-state index contributed by atoms with van der Waals surface area (Å²) in [6.07, 6.45) is 1.42. The Kier molecular flexibility index (Phi) is 5.39. The average Bonchev–Trinajstić information content (AvgIpc) is 2.74. The minimum Gasteiger partial charge on any atom is -0.356 e. The predicted molar refractivity (Wildman–Crippen MR) is 70.5 cm³/mol. The molecule has 7 nitrogen and oxygen atoms in total. The van der Waals surface area contributed by atoms with Gasteiger partial charge in [-0.05, 0) is 26.1 Å². The van der Waals surface area contributed by atoms with Gasteiger partial charge in [0.15, 0.2) is 11.6 Å². The highest BCUT2D eigenvalue weighted by Crippen LogP contribution is 2.15. The van der Waals surface area contributed by atoms with E-state index in [1.807, 2.05) is 0 Å². The maximum atomic E-state index is 13.9. The van der Waals surface area contributed by atoms with Crippen LogP contribution in [0, 0.1) is 0 Å². The lowest BCUT2D eigenvalue weighted by Gasteiger charge is -2.13. The number of hydrogen-bond donors (Lipinski definition) is 3. The highest BCUT2D eigenvalue weighted by atomic mass is 19.1. The molecule has 0 bridgehead atoms. The number of nitrogens with one attached hydrogen (secondary N) is 2. The highest BCUT2D eigenvalue weighted by molar-refractivity contribution is 5.92. The summed E-state index contributed by atoms with van der Waals surface area (Å²) in [5.41, 5.74) is 1.34. The first-order valence-corrected chi connectivity index (χ1v) is 5.91. The Balaban J connectivity index is 2.88. The van der Waals surface area contributed by atoms with E-state index < -0.39 is 17.8 Å². The van der Waals surface area contributed by atoms with Crippen LogP contribution in [0.3, 0.4) is 0 Å². The first-order valence-electron chi connectivity index (χ1n) is 5.91. The molecule has 2 amide bonds. The number of hydrogen-bond acceptors (Lipinski definition) is 5. The van der Waals surface area contributed by atoms with Gasteiger partial charge in [-0.1, -0.05) is 0 Å². The smallest absolute Gasteiger partial charge is 0.270 e. The van der Waals surface area contributed by atoms with Crippen LogP contribution < -0.4 is 10.8 Å². The van der Waals surface area contributed by atoms with Crippen LogP contribution in [0.2, 0.25) is 0 Å². The minimum atomic E-state index is -0.844. The topological polar surface area (TPSA) is 94.0 Å². The Labute approximate surface area is 115 Å². The van der Waals surface area contributed by atoms with E-state index in [-0.39, 0.29) is 17.3 Å². The lowest BCUT2D eigenvalue weighted by molar-refractivity contribution is -0.128. The molecule has 1 aliphatic heterocycles. The van der Waals surface area contributed by atoms with Crippen molar-refractivity contribution < 1.29 is 19.2 Å². The zero-order chi connectivity index (χ0) is 15.3. The quantitative estimate of drug-likeness (QED) is 0.219. The van der Waals surface area contributed by atoms with Gasteiger partial charge in [-0.3, -0.25) is 14.8 Å². The number of amides is 2. The fourth-order valence-corrected chi connectivity index (χ4v) is 1.72. The van der Waals surface area contributed by atoms with E-state index in [1.54, 1.807) is 7.05 Å². The maximum absolute atomic E-state index is 13.9. The lowest BCUT2D eigenvalue weighted by atomic mass is 10.2. The molecule has 3 N–H and O–H groups in total. The molecule has 1 heterocycles. The predicted octanol–water partition coefficient (Wildman–Crippen LogP) is 0.0976. The third-order valence-electron chi connectivity index (χ3n) is 2.93. The number of aliphatic imine (C=N–C) groups is 1. The van der Waals surface area contributed by atoms with E-state index in [0.29, 0.717) is 13.0 Å². The first-order chi connectivity index (χ1) is 9.40. The van der Waals surface area contributed by atoms with Crippen molar-refractivity contribution >= 4 is 18.5 Å². The molecule has 0 aromatic rings.